The standard InChI is InChI=1S/C14H11Cl5O/c15-13(16)8-6-12(7-9-13,14(17,18)19)11(20)10-4-2-1-3-5-10/h1-9,11,20H. The van der Waals surface area contributed by atoms with Gasteiger partial charge in [-0.25, -0.2) is 0 Å². The van der Waals surface area contributed by atoms with Crippen LogP contribution in [0.15, 0.2) is 54.6 Å². The van der Waals surface area contributed by atoms with E-state index in [1.165, 1.54) is 24.3 Å². The third-order valence-electron chi connectivity index (χ3n) is 3.22. The summed E-state index contributed by atoms with van der Waals surface area (Å²) in [6, 6.07) is 8.96. The fourth-order valence-electron chi connectivity index (χ4n) is 2.05. The van der Waals surface area contributed by atoms with Crippen molar-refractivity contribution >= 4 is 58.0 Å². The molecule has 1 N–H and O–H groups in total. The summed E-state index contributed by atoms with van der Waals surface area (Å²) in [6.45, 7) is 0. The van der Waals surface area contributed by atoms with Crippen molar-refractivity contribution in [1.82, 2.24) is 0 Å². The fourth-order valence-corrected chi connectivity index (χ4v) is 2.99. The Balaban J connectivity index is 2.49. The first-order valence-corrected chi connectivity index (χ1v) is 7.65. The normalized spacial score (nSPS) is 21.7. The number of benzene rings is 1. The molecular weight excluding hydrogens is 361 g/mol. The highest BCUT2D eigenvalue weighted by Gasteiger charge is 2.52. The van der Waals surface area contributed by atoms with Crippen LogP contribution in [0.4, 0.5) is 0 Å². The molecule has 20 heavy (non-hydrogen) atoms. The summed E-state index contributed by atoms with van der Waals surface area (Å²) in [7, 11) is 0. The number of alkyl halides is 5. The van der Waals surface area contributed by atoms with Crippen LogP contribution in [0.2, 0.25) is 0 Å². The summed E-state index contributed by atoms with van der Waals surface area (Å²) in [4.78, 5) is 0. The number of hydrogen-bond acceptors (Lipinski definition) is 1. The van der Waals surface area contributed by atoms with Gasteiger partial charge in [0, 0.05) is 0 Å². The van der Waals surface area contributed by atoms with Gasteiger partial charge in [0.1, 0.15) is 0 Å². The smallest absolute Gasteiger partial charge is 0.205 e. The second kappa shape index (κ2) is 5.72. The lowest BCUT2D eigenvalue weighted by molar-refractivity contribution is 0.0895. The molecule has 1 atom stereocenters. The molecule has 0 fully saturated rings. The molecule has 0 saturated heterocycles. The van der Waals surface area contributed by atoms with E-state index in [-0.39, 0.29) is 0 Å². The molecule has 1 aromatic carbocycles. The Hall–Kier alpha value is 0.110. The zero-order valence-electron chi connectivity index (χ0n) is 10.1. The minimum atomic E-state index is -1.76. The summed E-state index contributed by atoms with van der Waals surface area (Å²) in [6.07, 6.45) is 5.01. The Kier molecular flexibility index (Phi) is 4.71. The van der Waals surface area contributed by atoms with Gasteiger partial charge in [0.25, 0.3) is 0 Å². The minimum absolute atomic E-state index is 0.629. The van der Waals surface area contributed by atoms with E-state index in [1.807, 2.05) is 6.07 Å². The Morgan fingerprint density at radius 1 is 0.900 bits per heavy atom. The van der Waals surface area contributed by atoms with E-state index in [9.17, 15) is 5.11 Å². The summed E-state index contributed by atoms with van der Waals surface area (Å²) in [5.41, 5.74) is -0.614. The van der Waals surface area contributed by atoms with Crippen LogP contribution in [0.1, 0.15) is 11.7 Å². The lowest BCUT2D eigenvalue weighted by Gasteiger charge is -2.41. The number of hydrogen-bond donors (Lipinski definition) is 1. The van der Waals surface area contributed by atoms with Crippen LogP contribution in [0.25, 0.3) is 0 Å². The Labute approximate surface area is 142 Å². The maximum atomic E-state index is 10.7. The van der Waals surface area contributed by atoms with Crippen LogP contribution in [0, 0.1) is 5.41 Å². The van der Waals surface area contributed by atoms with E-state index >= 15 is 0 Å². The largest absolute Gasteiger partial charge is 0.387 e. The molecule has 0 spiro atoms. The number of aliphatic hydroxyl groups is 1. The summed E-state index contributed by atoms with van der Waals surface area (Å²) in [5.74, 6) is 0. The monoisotopic (exact) mass is 370 g/mol. The lowest BCUT2D eigenvalue weighted by atomic mass is 9.77. The molecule has 1 unspecified atom stereocenters. The molecule has 0 bridgehead atoms. The number of halogens is 5. The molecule has 108 valence electrons. The van der Waals surface area contributed by atoms with Crippen LogP contribution in [-0.4, -0.2) is 13.2 Å². The van der Waals surface area contributed by atoms with E-state index in [2.05, 4.69) is 0 Å². The summed E-state index contributed by atoms with van der Waals surface area (Å²) in [5, 5.41) is 10.7. The average Bonchev–Trinajstić information content (AvgIpc) is 2.38. The van der Waals surface area contributed by atoms with Crippen molar-refractivity contribution in [2.45, 2.75) is 14.2 Å². The minimum Gasteiger partial charge on any atom is -0.387 e. The molecule has 1 nitrogen and oxygen atoms in total. The second-order valence-corrected chi connectivity index (χ2v) is 8.31. The molecule has 2 rings (SSSR count). The zero-order chi connectivity index (χ0) is 15.0. The molecule has 0 saturated carbocycles. The molecule has 1 aromatic rings. The second-order valence-electron chi connectivity index (χ2n) is 4.59. The average molecular weight is 373 g/mol. The maximum absolute atomic E-state index is 10.7. The third kappa shape index (κ3) is 3.14. The van der Waals surface area contributed by atoms with E-state index < -0.39 is 19.6 Å². The van der Waals surface area contributed by atoms with Gasteiger partial charge in [-0.2, -0.15) is 0 Å². The van der Waals surface area contributed by atoms with Gasteiger partial charge in [0.15, 0.2) is 4.33 Å². The molecule has 6 heteroatoms. The van der Waals surface area contributed by atoms with Crippen molar-refractivity contribution in [3.63, 3.8) is 0 Å². The first-order chi connectivity index (χ1) is 9.18. The molecule has 0 radical (unpaired) electrons. The highest BCUT2D eigenvalue weighted by Crippen LogP contribution is 2.56. The van der Waals surface area contributed by atoms with Gasteiger partial charge in [0.2, 0.25) is 3.79 Å². The van der Waals surface area contributed by atoms with E-state index in [1.54, 1.807) is 24.3 Å². The molecule has 0 amide bonds. The molecule has 0 aromatic heterocycles. The SMILES string of the molecule is OC(c1ccccc1)C1(C(Cl)(Cl)Cl)C=CC(Cl)(Cl)C=C1. The van der Waals surface area contributed by atoms with Gasteiger partial charge in [-0.3, -0.25) is 0 Å². The lowest BCUT2D eigenvalue weighted by Crippen LogP contribution is -2.40. The predicted octanol–water partition coefficient (Wildman–Crippen LogP) is 5.38. The van der Waals surface area contributed by atoms with E-state index in [0.717, 1.165) is 0 Å². The van der Waals surface area contributed by atoms with Gasteiger partial charge >= 0.3 is 0 Å². The predicted molar refractivity (Wildman–Crippen MR) is 86.8 cm³/mol. The van der Waals surface area contributed by atoms with E-state index in [0.29, 0.717) is 5.56 Å². The van der Waals surface area contributed by atoms with Crippen molar-refractivity contribution in [3.05, 3.63) is 60.2 Å². The molecule has 0 heterocycles. The molecule has 1 aliphatic carbocycles. The van der Waals surface area contributed by atoms with E-state index in [4.69, 9.17) is 58.0 Å². The van der Waals surface area contributed by atoms with Crippen LogP contribution in [0.5, 0.6) is 0 Å². The van der Waals surface area contributed by atoms with Gasteiger partial charge < -0.3 is 5.11 Å². The number of aliphatic hydroxyl groups excluding tert-OH is 1. The van der Waals surface area contributed by atoms with Crippen LogP contribution < -0.4 is 0 Å². The third-order valence-corrected chi connectivity index (χ3v) is 4.71. The Morgan fingerprint density at radius 3 is 1.85 bits per heavy atom. The van der Waals surface area contributed by atoms with Crippen molar-refractivity contribution in [2.75, 3.05) is 0 Å². The Morgan fingerprint density at radius 2 is 1.40 bits per heavy atom. The van der Waals surface area contributed by atoms with Gasteiger partial charge in [-0.05, 0) is 17.7 Å². The van der Waals surface area contributed by atoms with Crippen LogP contribution >= 0.6 is 58.0 Å². The summed E-state index contributed by atoms with van der Waals surface area (Å²) >= 11 is 30.2. The molecule has 1 aliphatic rings. The van der Waals surface area contributed by atoms with Crippen LogP contribution in [-0.2, 0) is 0 Å². The van der Waals surface area contributed by atoms with Gasteiger partial charge in [-0.15, -0.1) is 0 Å². The topological polar surface area (TPSA) is 20.2 Å². The highest BCUT2D eigenvalue weighted by molar-refractivity contribution is 6.68. The van der Waals surface area contributed by atoms with Crippen molar-refractivity contribution in [2.24, 2.45) is 5.41 Å². The maximum Gasteiger partial charge on any atom is 0.205 e. The fraction of sp³-hybridized carbons (Fsp3) is 0.286. The highest BCUT2D eigenvalue weighted by atomic mass is 35.6. The summed E-state index contributed by atoms with van der Waals surface area (Å²) < 4.78 is -2.94. The van der Waals surface area contributed by atoms with Crippen molar-refractivity contribution in [3.8, 4) is 0 Å². The zero-order valence-corrected chi connectivity index (χ0v) is 13.9. The van der Waals surface area contributed by atoms with Crippen molar-refractivity contribution < 1.29 is 5.11 Å². The Bertz CT molecular complexity index is 514. The number of rotatable bonds is 2. The van der Waals surface area contributed by atoms with Gasteiger partial charge in [0.05, 0.1) is 11.5 Å². The van der Waals surface area contributed by atoms with Crippen LogP contribution in [0.3, 0.4) is 0 Å². The first kappa shape index (κ1) is 16.5. The molecule has 0 aliphatic heterocycles. The number of allylic oxidation sites excluding steroid dienone is 2. The first-order valence-electron chi connectivity index (χ1n) is 5.76. The quantitative estimate of drug-likeness (QED) is 0.546. The molecular formula is C14H11Cl5O. The van der Waals surface area contributed by atoms with Gasteiger partial charge in [-0.1, -0.05) is 100 Å². The van der Waals surface area contributed by atoms with Crippen molar-refractivity contribution in [1.29, 1.82) is 0 Å².